The first-order valence-corrected chi connectivity index (χ1v) is 6.29. The van der Waals surface area contributed by atoms with E-state index in [1.807, 2.05) is 0 Å². The summed E-state index contributed by atoms with van der Waals surface area (Å²) < 4.78 is 19.9. The lowest BCUT2D eigenvalue weighted by Gasteiger charge is -2.07. The zero-order valence-corrected chi connectivity index (χ0v) is 10.9. The zero-order chi connectivity index (χ0) is 14.1. The molecule has 102 valence electrons. The van der Waals surface area contributed by atoms with Crippen molar-refractivity contribution in [2.24, 2.45) is 0 Å². The van der Waals surface area contributed by atoms with Gasteiger partial charge in [0.1, 0.15) is 11.5 Å². The lowest BCUT2D eigenvalue weighted by Crippen LogP contribution is -2.14. The average Bonchev–Trinajstić information content (AvgIpc) is 3.06. The molecule has 0 bridgehead atoms. The summed E-state index contributed by atoms with van der Waals surface area (Å²) in [6, 6.07) is 7.59. The lowest BCUT2D eigenvalue weighted by molar-refractivity contribution is 0.167. The number of benzene rings is 1. The molecule has 2 aromatic heterocycles. The van der Waals surface area contributed by atoms with Crippen molar-refractivity contribution in [2.45, 2.75) is 0 Å². The van der Waals surface area contributed by atoms with E-state index in [1.54, 1.807) is 30.5 Å². The summed E-state index contributed by atoms with van der Waals surface area (Å²) in [4.78, 5) is 12.0. The minimum atomic E-state index is -0.752. The number of aromatic amines is 1. The monoisotopic (exact) mass is 293 g/mol. The third-order valence-electron chi connectivity index (χ3n) is 2.90. The predicted octanol–water partition coefficient (Wildman–Crippen LogP) is 3.35. The Balaban J connectivity index is 2.31. The number of hydrogen-bond acceptors (Lipinski definition) is 3. The van der Waals surface area contributed by atoms with Gasteiger partial charge in [-0.05, 0) is 18.2 Å². The van der Waals surface area contributed by atoms with Crippen molar-refractivity contribution in [3.8, 4) is 11.4 Å². The third-order valence-corrected chi connectivity index (χ3v) is 3.01. The molecular formula is C13H9ClFN3O2. The van der Waals surface area contributed by atoms with Crippen molar-refractivity contribution >= 4 is 28.6 Å². The van der Waals surface area contributed by atoms with Crippen molar-refractivity contribution < 1.29 is 13.9 Å². The van der Waals surface area contributed by atoms with Crippen molar-refractivity contribution in [1.29, 1.82) is 0 Å². The molecule has 0 saturated heterocycles. The first kappa shape index (κ1) is 12.7. The molecule has 3 rings (SSSR count). The normalized spacial score (nSPS) is 10.9. The van der Waals surface area contributed by atoms with E-state index in [-0.39, 0.29) is 11.6 Å². The van der Waals surface area contributed by atoms with Crippen LogP contribution in [0.3, 0.4) is 0 Å². The molecule has 0 radical (unpaired) electrons. The van der Waals surface area contributed by atoms with E-state index in [2.05, 4.69) is 10.2 Å². The Morgan fingerprint density at radius 2 is 2.30 bits per heavy atom. The molecule has 0 spiro atoms. The number of hydrogen-bond donors (Lipinski definition) is 1. The average molecular weight is 294 g/mol. The molecular weight excluding hydrogens is 285 g/mol. The van der Waals surface area contributed by atoms with E-state index >= 15 is 0 Å². The topological polar surface area (TPSA) is 59.9 Å². The van der Waals surface area contributed by atoms with Crippen molar-refractivity contribution in [2.75, 3.05) is 6.07 Å². The Morgan fingerprint density at radius 1 is 1.45 bits per heavy atom. The molecule has 0 aliphatic carbocycles. The molecule has 1 N–H and O–H groups in total. The Hall–Kier alpha value is -2.34. The van der Waals surface area contributed by atoms with Gasteiger partial charge in [-0.2, -0.15) is 5.10 Å². The van der Waals surface area contributed by atoms with Gasteiger partial charge in [0.2, 0.25) is 0 Å². The van der Waals surface area contributed by atoms with Gasteiger partial charge in [0.05, 0.1) is 11.2 Å². The highest BCUT2D eigenvalue weighted by molar-refractivity contribution is 6.17. The first-order chi connectivity index (χ1) is 9.72. The second-order valence-corrected chi connectivity index (χ2v) is 4.24. The summed E-state index contributed by atoms with van der Waals surface area (Å²) in [6.07, 6.45) is 0.860. The molecule has 7 heteroatoms. The lowest BCUT2D eigenvalue weighted by atomic mass is 10.2. The van der Waals surface area contributed by atoms with Crippen LogP contribution in [-0.2, 0) is 4.74 Å². The number of alkyl halides is 1. The number of para-hydroxylation sites is 1. The zero-order valence-electron chi connectivity index (χ0n) is 10.1. The van der Waals surface area contributed by atoms with Crippen molar-refractivity contribution in [3.63, 3.8) is 0 Å². The number of H-pyrrole nitrogens is 1. The summed E-state index contributed by atoms with van der Waals surface area (Å²) in [6.45, 7) is 0. The van der Waals surface area contributed by atoms with Crippen LogP contribution in [0.25, 0.3) is 22.3 Å². The highest BCUT2D eigenvalue weighted by Crippen LogP contribution is 2.29. The number of halogens is 2. The molecule has 0 atom stereocenters. The number of nitrogens with one attached hydrogen (secondary N) is 1. The number of carbonyl (C=O) groups is 1. The molecule has 20 heavy (non-hydrogen) atoms. The van der Waals surface area contributed by atoms with Gasteiger partial charge in [0.15, 0.2) is 6.07 Å². The van der Waals surface area contributed by atoms with Crippen LogP contribution in [0.5, 0.6) is 0 Å². The van der Waals surface area contributed by atoms with Crippen LogP contribution in [0.15, 0.2) is 36.5 Å². The molecule has 5 nitrogen and oxygen atoms in total. The van der Waals surface area contributed by atoms with Gasteiger partial charge in [-0.25, -0.2) is 13.8 Å². The molecule has 3 aromatic rings. The van der Waals surface area contributed by atoms with Gasteiger partial charge >= 0.3 is 6.09 Å². The minimum absolute atomic E-state index is 0.139. The molecule has 0 fully saturated rings. The SMILES string of the molecule is O=C(OCCl)n1c(-c2cc[nH]n2)cc2cccc(F)c21. The highest BCUT2D eigenvalue weighted by atomic mass is 35.5. The van der Waals surface area contributed by atoms with Crippen molar-refractivity contribution in [1.82, 2.24) is 14.8 Å². The van der Waals surface area contributed by atoms with Crippen LogP contribution >= 0.6 is 11.6 Å². The Kier molecular flexibility index (Phi) is 3.15. The van der Waals surface area contributed by atoms with E-state index in [9.17, 15) is 9.18 Å². The van der Waals surface area contributed by atoms with E-state index in [4.69, 9.17) is 16.3 Å². The van der Waals surface area contributed by atoms with Gasteiger partial charge in [-0.15, -0.1) is 0 Å². The molecule has 2 heterocycles. The van der Waals surface area contributed by atoms with E-state index in [1.165, 1.54) is 6.07 Å². The molecule has 1 aromatic carbocycles. The summed E-state index contributed by atoms with van der Waals surface area (Å²) in [5, 5.41) is 7.23. The fraction of sp³-hybridized carbons (Fsp3) is 0.0769. The number of aromatic nitrogens is 3. The summed E-state index contributed by atoms with van der Waals surface area (Å²) in [5.74, 6) is -0.518. The Labute approximate surface area is 117 Å². The second kappa shape index (κ2) is 4.97. The van der Waals surface area contributed by atoms with Crippen LogP contribution in [-0.4, -0.2) is 26.9 Å². The van der Waals surface area contributed by atoms with Crippen LogP contribution < -0.4 is 0 Å². The van der Waals surface area contributed by atoms with E-state index in [0.717, 1.165) is 4.57 Å². The minimum Gasteiger partial charge on any atom is -0.433 e. The highest BCUT2D eigenvalue weighted by Gasteiger charge is 2.20. The Morgan fingerprint density at radius 3 is 3.00 bits per heavy atom. The smallest absolute Gasteiger partial charge is 0.420 e. The largest absolute Gasteiger partial charge is 0.433 e. The third kappa shape index (κ3) is 1.94. The maximum Gasteiger partial charge on any atom is 0.420 e. The number of ether oxygens (including phenoxy) is 1. The Bertz CT molecular complexity index is 767. The number of fused-ring (bicyclic) bond motifs is 1. The molecule has 0 unspecified atom stereocenters. The maximum absolute atomic E-state index is 14.0. The predicted molar refractivity (Wildman–Crippen MR) is 72.1 cm³/mol. The van der Waals surface area contributed by atoms with Crippen LogP contribution in [0.2, 0.25) is 0 Å². The standard InChI is InChI=1S/C13H9ClFN3O2/c14-7-20-13(19)18-11(10-4-5-16-17-10)6-8-2-1-3-9(15)12(8)18/h1-6H,7H2,(H,16,17). The van der Waals surface area contributed by atoms with Crippen LogP contribution in [0.4, 0.5) is 9.18 Å². The number of rotatable bonds is 2. The van der Waals surface area contributed by atoms with Crippen LogP contribution in [0.1, 0.15) is 0 Å². The molecule has 0 saturated carbocycles. The quantitative estimate of drug-likeness (QED) is 0.737. The summed E-state index contributed by atoms with van der Waals surface area (Å²) in [5.41, 5.74) is 1.08. The van der Waals surface area contributed by atoms with Crippen molar-refractivity contribution in [3.05, 3.63) is 42.3 Å². The fourth-order valence-electron chi connectivity index (χ4n) is 2.11. The molecule has 0 aliphatic heterocycles. The summed E-state index contributed by atoms with van der Waals surface area (Å²) in [7, 11) is 0. The number of carbonyl (C=O) groups excluding carboxylic acids is 1. The molecule has 0 amide bonds. The van der Waals surface area contributed by atoms with Gasteiger partial charge in [-0.1, -0.05) is 23.7 Å². The second-order valence-electron chi connectivity index (χ2n) is 4.02. The fourth-order valence-corrected chi connectivity index (χ4v) is 2.20. The van der Waals surface area contributed by atoms with Gasteiger partial charge in [0.25, 0.3) is 0 Å². The number of nitrogens with zero attached hydrogens (tertiary/aromatic N) is 2. The van der Waals surface area contributed by atoms with Gasteiger partial charge in [0, 0.05) is 11.6 Å². The van der Waals surface area contributed by atoms with Crippen LogP contribution in [0, 0.1) is 5.82 Å². The first-order valence-electron chi connectivity index (χ1n) is 5.75. The van der Waals surface area contributed by atoms with E-state index in [0.29, 0.717) is 16.8 Å². The van der Waals surface area contributed by atoms with E-state index < -0.39 is 11.9 Å². The molecule has 0 aliphatic rings. The van der Waals surface area contributed by atoms with Gasteiger partial charge < -0.3 is 4.74 Å². The summed E-state index contributed by atoms with van der Waals surface area (Å²) >= 11 is 5.41. The van der Waals surface area contributed by atoms with Gasteiger partial charge in [-0.3, -0.25) is 5.10 Å². The maximum atomic E-state index is 14.0.